The SMILES string of the molecule is CCCCN.CNC(=O)CN(c1ccccc1)C1CC(CC(=O)O)CC1C. The minimum Gasteiger partial charge on any atom is -0.481 e. The second-order valence-corrected chi connectivity index (χ2v) is 7.26. The van der Waals surface area contributed by atoms with Gasteiger partial charge < -0.3 is 21.1 Å². The minimum absolute atomic E-state index is 0.0299. The fourth-order valence-corrected chi connectivity index (χ4v) is 3.66. The normalized spacial score (nSPS) is 21.1. The van der Waals surface area contributed by atoms with Gasteiger partial charge in [0.25, 0.3) is 0 Å². The molecular weight excluding hydrogens is 342 g/mol. The third kappa shape index (κ3) is 7.99. The largest absolute Gasteiger partial charge is 0.481 e. The summed E-state index contributed by atoms with van der Waals surface area (Å²) in [5.41, 5.74) is 6.15. The van der Waals surface area contributed by atoms with Crippen molar-refractivity contribution in [3.05, 3.63) is 30.3 Å². The summed E-state index contributed by atoms with van der Waals surface area (Å²) in [6.45, 7) is 5.42. The number of benzene rings is 1. The lowest BCUT2D eigenvalue weighted by Gasteiger charge is -2.33. The highest BCUT2D eigenvalue weighted by molar-refractivity contribution is 5.81. The number of carbonyl (C=O) groups excluding carboxylic acids is 1. The first-order valence-electron chi connectivity index (χ1n) is 9.86. The molecule has 3 atom stereocenters. The number of anilines is 1. The number of nitrogens with two attached hydrogens (primary N) is 1. The van der Waals surface area contributed by atoms with Crippen LogP contribution in [0.15, 0.2) is 30.3 Å². The number of nitrogens with zero attached hydrogens (tertiary/aromatic N) is 1. The summed E-state index contributed by atoms with van der Waals surface area (Å²) in [6.07, 6.45) is 4.31. The number of hydrogen-bond donors (Lipinski definition) is 3. The predicted molar refractivity (Wildman–Crippen MR) is 110 cm³/mol. The summed E-state index contributed by atoms with van der Waals surface area (Å²) >= 11 is 0. The van der Waals surface area contributed by atoms with E-state index < -0.39 is 5.97 Å². The molecule has 0 aliphatic heterocycles. The van der Waals surface area contributed by atoms with Crippen molar-refractivity contribution in [2.24, 2.45) is 17.6 Å². The molecule has 0 heterocycles. The second-order valence-electron chi connectivity index (χ2n) is 7.26. The van der Waals surface area contributed by atoms with Crippen LogP contribution in [-0.2, 0) is 9.59 Å². The molecule has 2 rings (SSSR count). The first-order valence-corrected chi connectivity index (χ1v) is 9.86. The number of unbranched alkanes of at least 4 members (excludes halogenated alkanes) is 1. The second kappa shape index (κ2) is 12.3. The first kappa shape index (κ1) is 23.0. The number of carbonyl (C=O) groups is 2. The molecule has 6 heteroatoms. The molecule has 1 fully saturated rings. The highest BCUT2D eigenvalue weighted by Crippen LogP contribution is 2.38. The van der Waals surface area contributed by atoms with Gasteiger partial charge in [0.2, 0.25) is 5.91 Å². The average molecular weight is 378 g/mol. The molecule has 1 saturated carbocycles. The highest BCUT2D eigenvalue weighted by Gasteiger charge is 2.36. The van der Waals surface area contributed by atoms with E-state index in [9.17, 15) is 9.59 Å². The van der Waals surface area contributed by atoms with Crippen LogP contribution < -0.4 is 16.0 Å². The van der Waals surface area contributed by atoms with Crippen molar-refractivity contribution < 1.29 is 14.7 Å². The van der Waals surface area contributed by atoms with Crippen LogP contribution in [0.4, 0.5) is 5.69 Å². The van der Waals surface area contributed by atoms with Crippen molar-refractivity contribution in [1.82, 2.24) is 5.32 Å². The van der Waals surface area contributed by atoms with Crippen LogP contribution in [0.3, 0.4) is 0 Å². The minimum atomic E-state index is -0.740. The third-order valence-electron chi connectivity index (χ3n) is 5.04. The molecule has 0 aromatic heterocycles. The summed E-state index contributed by atoms with van der Waals surface area (Å²) < 4.78 is 0. The van der Waals surface area contributed by atoms with Crippen molar-refractivity contribution in [1.29, 1.82) is 0 Å². The lowest BCUT2D eigenvalue weighted by atomic mass is 10.0. The van der Waals surface area contributed by atoms with Crippen LogP contribution in [0, 0.1) is 11.8 Å². The Labute approximate surface area is 163 Å². The molecule has 27 heavy (non-hydrogen) atoms. The summed E-state index contributed by atoms with van der Waals surface area (Å²) in [5.74, 6) is -0.212. The Bertz CT molecular complexity index is 563. The van der Waals surface area contributed by atoms with E-state index >= 15 is 0 Å². The zero-order valence-electron chi connectivity index (χ0n) is 16.9. The molecule has 0 spiro atoms. The van der Waals surface area contributed by atoms with E-state index in [1.807, 2.05) is 30.3 Å². The Morgan fingerprint density at radius 1 is 1.26 bits per heavy atom. The van der Waals surface area contributed by atoms with Gasteiger partial charge in [-0.1, -0.05) is 38.5 Å². The molecule has 0 saturated heterocycles. The van der Waals surface area contributed by atoms with E-state index in [4.69, 9.17) is 10.8 Å². The van der Waals surface area contributed by atoms with Gasteiger partial charge in [0, 0.05) is 25.2 Å². The first-order chi connectivity index (χ1) is 12.9. The van der Waals surface area contributed by atoms with Gasteiger partial charge in [-0.2, -0.15) is 0 Å². The molecular formula is C21H35N3O3. The molecule has 0 radical (unpaired) electrons. The summed E-state index contributed by atoms with van der Waals surface area (Å²) in [5, 5.41) is 11.7. The summed E-state index contributed by atoms with van der Waals surface area (Å²) in [7, 11) is 1.64. The monoisotopic (exact) mass is 377 g/mol. The number of amides is 1. The van der Waals surface area contributed by atoms with E-state index in [0.717, 1.165) is 25.1 Å². The van der Waals surface area contributed by atoms with E-state index in [0.29, 0.717) is 12.5 Å². The fourth-order valence-electron chi connectivity index (χ4n) is 3.66. The maximum absolute atomic E-state index is 11.9. The fraction of sp³-hybridized carbons (Fsp3) is 0.619. The molecule has 1 amide bonds. The molecule has 3 unspecified atom stereocenters. The van der Waals surface area contributed by atoms with Gasteiger partial charge in [0.15, 0.2) is 0 Å². The average Bonchev–Trinajstić information content (AvgIpc) is 3.00. The lowest BCUT2D eigenvalue weighted by molar-refractivity contribution is -0.138. The number of rotatable bonds is 8. The number of aliphatic carboxylic acids is 1. The number of hydrogen-bond acceptors (Lipinski definition) is 4. The van der Waals surface area contributed by atoms with Crippen molar-refractivity contribution >= 4 is 17.6 Å². The van der Waals surface area contributed by atoms with E-state index in [-0.39, 0.29) is 24.3 Å². The van der Waals surface area contributed by atoms with Crippen LogP contribution in [0.1, 0.15) is 46.0 Å². The van der Waals surface area contributed by atoms with Gasteiger partial charge in [-0.15, -0.1) is 0 Å². The standard InChI is InChI=1S/C17H24N2O3.C4H11N/c1-12-8-13(10-17(21)22)9-15(12)19(11-16(20)18-2)14-6-4-3-5-7-14;1-2-3-4-5/h3-7,12-13,15H,8-11H2,1-2H3,(H,18,20)(H,21,22);2-5H2,1H3. The van der Waals surface area contributed by atoms with Crippen LogP contribution in [0.5, 0.6) is 0 Å². The van der Waals surface area contributed by atoms with Crippen LogP contribution >= 0.6 is 0 Å². The van der Waals surface area contributed by atoms with Crippen molar-refractivity contribution in [3.8, 4) is 0 Å². The molecule has 6 nitrogen and oxygen atoms in total. The van der Waals surface area contributed by atoms with Gasteiger partial charge in [0.1, 0.15) is 0 Å². The number of carboxylic acids is 1. The van der Waals surface area contributed by atoms with Crippen molar-refractivity contribution in [3.63, 3.8) is 0 Å². The Balaban J connectivity index is 0.000000646. The number of carboxylic acid groups (broad SMARTS) is 1. The number of para-hydroxylation sites is 1. The Kier molecular flexibility index (Phi) is 10.5. The van der Waals surface area contributed by atoms with Crippen LogP contribution in [0.2, 0.25) is 0 Å². The summed E-state index contributed by atoms with van der Waals surface area (Å²) in [6, 6.07) is 10.1. The molecule has 152 valence electrons. The molecule has 0 bridgehead atoms. The van der Waals surface area contributed by atoms with E-state index in [1.54, 1.807) is 7.05 Å². The van der Waals surface area contributed by atoms with Crippen molar-refractivity contribution in [2.75, 3.05) is 25.0 Å². The van der Waals surface area contributed by atoms with Gasteiger partial charge >= 0.3 is 5.97 Å². The molecule has 4 N–H and O–H groups in total. The Hall–Kier alpha value is -2.08. The van der Waals surface area contributed by atoms with E-state index in [1.165, 1.54) is 12.8 Å². The highest BCUT2D eigenvalue weighted by atomic mass is 16.4. The number of likely N-dealkylation sites (N-methyl/N-ethyl adjacent to an activating group) is 1. The van der Waals surface area contributed by atoms with Crippen LogP contribution in [0.25, 0.3) is 0 Å². The van der Waals surface area contributed by atoms with Gasteiger partial charge in [0.05, 0.1) is 6.54 Å². The molecule has 1 aliphatic rings. The van der Waals surface area contributed by atoms with Gasteiger partial charge in [-0.05, 0) is 49.8 Å². The Morgan fingerprint density at radius 2 is 1.93 bits per heavy atom. The zero-order valence-corrected chi connectivity index (χ0v) is 16.9. The lowest BCUT2D eigenvalue weighted by Crippen LogP contribution is -2.43. The molecule has 1 aliphatic carbocycles. The molecule has 1 aromatic carbocycles. The number of nitrogens with one attached hydrogen (secondary N) is 1. The maximum Gasteiger partial charge on any atom is 0.303 e. The Morgan fingerprint density at radius 3 is 2.41 bits per heavy atom. The van der Waals surface area contributed by atoms with Crippen molar-refractivity contribution in [2.45, 2.75) is 52.0 Å². The molecule has 1 aromatic rings. The van der Waals surface area contributed by atoms with Gasteiger partial charge in [-0.25, -0.2) is 0 Å². The van der Waals surface area contributed by atoms with E-state index in [2.05, 4.69) is 24.1 Å². The zero-order chi connectivity index (χ0) is 20.2. The van der Waals surface area contributed by atoms with Gasteiger partial charge in [-0.3, -0.25) is 9.59 Å². The smallest absolute Gasteiger partial charge is 0.303 e. The van der Waals surface area contributed by atoms with Crippen LogP contribution in [-0.4, -0.2) is 43.2 Å². The summed E-state index contributed by atoms with van der Waals surface area (Å²) in [4.78, 5) is 24.9. The quantitative estimate of drug-likeness (QED) is 0.647. The topological polar surface area (TPSA) is 95.7 Å². The predicted octanol–water partition coefficient (Wildman–Crippen LogP) is 2.87. The third-order valence-corrected chi connectivity index (χ3v) is 5.04. The maximum atomic E-state index is 11.9.